The van der Waals surface area contributed by atoms with Crippen LogP contribution in [0.4, 0.5) is 0 Å². The molecule has 6 heteroatoms. The largest absolute Gasteiger partial charge is 0.394 e. The van der Waals surface area contributed by atoms with Crippen molar-refractivity contribution in [3.8, 4) is 0 Å². The van der Waals surface area contributed by atoms with Gasteiger partial charge >= 0.3 is 0 Å². The Hall–Kier alpha value is -0.950. The van der Waals surface area contributed by atoms with Crippen molar-refractivity contribution in [1.82, 2.24) is 5.32 Å². The molecule has 1 amide bonds. The number of nitrogens with one attached hydrogen (secondary N) is 1. The van der Waals surface area contributed by atoms with E-state index in [0.717, 1.165) is 38.5 Å². The number of rotatable bonds is 24. The van der Waals surface area contributed by atoms with Crippen molar-refractivity contribution < 1.29 is 25.2 Å². The Bertz CT molecular complexity index is 485. The van der Waals surface area contributed by atoms with Crippen molar-refractivity contribution >= 4 is 5.91 Å². The summed E-state index contributed by atoms with van der Waals surface area (Å²) in [7, 11) is 0. The van der Waals surface area contributed by atoms with Crippen LogP contribution in [0.1, 0.15) is 129 Å². The van der Waals surface area contributed by atoms with Gasteiger partial charge in [0.05, 0.1) is 18.8 Å². The van der Waals surface area contributed by atoms with E-state index in [9.17, 15) is 25.2 Å². The molecule has 4 unspecified atom stereocenters. The van der Waals surface area contributed by atoms with E-state index in [2.05, 4.69) is 31.3 Å². The third kappa shape index (κ3) is 18.4. The van der Waals surface area contributed by atoms with E-state index < -0.39 is 36.9 Å². The number of hydrogen-bond donors (Lipinski definition) is 5. The molecule has 0 aromatic rings. The van der Waals surface area contributed by atoms with Gasteiger partial charge in [-0.15, -0.1) is 0 Å². The summed E-state index contributed by atoms with van der Waals surface area (Å²) < 4.78 is 0. The van der Waals surface area contributed by atoms with Crippen molar-refractivity contribution in [3.05, 3.63) is 12.2 Å². The highest BCUT2D eigenvalue weighted by atomic mass is 16.3. The van der Waals surface area contributed by atoms with Crippen LogP contribution in [0.5, 0.6) is 0 Å². The second kappa shape index (κ2) is 23.8. The van der Waals surface area contributed by atoms with Gasteiger partial charge in [0, 0.05) is 0 Å². The molecule has 202 valence electrons. The van der Waals surface area contributed by atoms with E-state index in [1.807, 2.05) is 0 Å². The van der Waals surface area contributed by atoms with E-state index >= 15 is 0 Å². The van der Waals surface area contributed by atoms with E-state index in [-0.39, 0.29) is 0 Å². The molecule has 5 N–H and O–H groups in total. The second-order valence-electron chi connectivity index (χ2n) is 9.74. The molecule has 0 saturated heterocycles. The SMILES string of the molecule is CCC/C=C/CCCC(O)C(O)C(CO)NC(=O)C(O)CCCCCCCCCCCCCC. The monoisotopic (exact) mass is 485 g/mol. The highest BCUT2D eigenvalue weighted by Gasteiger charge is 2.28. The Morgan fingerprint density at radius 3 is 1.76 bits per heavy atom. The Morgan fingerprint density at radius 2 is 1.24 bits per heavy atom. The normalized spacial score (nSPS) is 15.4. The Morgan fingerprint density at radius 1 is 0.706 bits per heavy atom. The van der Waals surface area contributed by atoms with Gasteiger partial charge in [-0.25, -0.2) is 0 Å². The quantitative estimate of drug-likeness (QED) is 0.0957. The van der Waals surface area contributed by atoms with E-state index in [1.165, 1.54) is 57.8 Å². The molecule has 0 aliphatic rings. The molecule has 0 radical (unpaired) electrons. The smallest absolute Gasteiger partial charge is 0.249 e. The van der Waals surface area contributed by atoms with Crippen LogP contribution in [-0.4, -0.2) is 57.3 Å². The average Bonchev–Trinajstić information content (AvgIpc) is 2.84. The predicted octanol–water partition coefficient (Wildman–Crippen LogP) is 5.16. The summed E-state index contributed by atoms with van der Waals surface area (Å²) in [5.74, 6) is -0.601. The molecule has 0 aliphatic heterocycles. The van der Waals surface area contributed by atoms with Crippen molar-refractivity contribution in [2.75, 3.05) is 6.61 Å². The van der Waals surface area contributed by atoms with Crippen LogP contribution in [0.15, 0.2) is 12.2 Å². The van der Waals surface area contributed by atoms with Crippen LogP contribution in [0.25, 0.3) is 0 Å². The maximum absolute atomic E-state index is 12.3. The predicted molar refractivity (Wildman–Crippen MR) is 141 cm³/mol. The van der Waals surface area contributed by atoms with Gasteiger partial charge in [0.1, 0.15) is 12.2 Å². The molecule has 4 atom stereocenters. The topological polar surface area (TPSA) is 110 Å². The first-order valence-corrected chi connectivity index (χ1v) is 14.1. The highest BCUT2D eigenvalue weighted by molar-refractivity contribution is 5.80. The van der Waals surface area contributed by atoms with Gasteiger partial charge in [-0.05, 0) is 32.1 Å². The molecule has 0 rings (SSSR count). The van der Waals surface area contributed by atoms with E-state index in [0.29, 0.717) is 19.3 Å². The van der Waals surface area contributed by atoms with Crippen LogP contribution in [0.3, 0.4) is 0 Å². The lowest BCUT2D eigenvalue weighted by molar-refractivity contribution is -0.132. The fourth-order valence-corrected chi connectivity index (χ4v) is 4.11. The number of carbonyl (C=O) groups excluding carboxylic acids is 1. The van der Waals surface area contributed by atoms with Gasteiger partial charge in [-0.2, -0.15) is 0 Å². The van der Waals surface area contributed by atoms with Crippen molar-refractivity contribution in [1.29, 1.82) is 0 Å². The molecule has 0 fully saturated rings. The number of unbranched alkanes of at least 4 members (excludes halogenated alkanes) is 13. The summed E-state index contributed by atoms with van der Waals surface area (Å²) in [6, 6.07) is -0.991. The average molecular weight is 486 g/mol. The number of hydrogen-bond acceptors (Lipinski definition) is 5. The lowest BCUT2D eigenvalue weighted by atomic mass is 10.00. The fraction of sp³-hybridized carbons (Fsp3) is 0.893. The fourth-order valence-electron chi connectivity index (χ4n) is 4.11. The molecule has 0 spiro atoms. The number of amides is 1. The van der Waals surface area contributed by atoms with Crippen molar-refractivity contribution in [3.63, 3.8) is 0 Å². The van der Waals surface area contributed by atoms with Crippen LogP contribution < -0.4 is 5.32 Å². The second-order valence-corrected chi connectivity index (χ2v) is 9.74. The lowest BCUT2D eigenvalue weighted by Gasteiger charge is -2.27. The molecule has 0 aromatic carbocycles. The zero-order valence-electron chi connectivity index (χ0n) is 22.1. The molecule has 0 saturated carbocycles. The van der Waals surface area contributed by atoms with Gasteiger partial charge in [0.25, 0.3) is 0 Å². The summed E-state index contributed by atoms with van der Waals surface area (Å²) >= 11 is 0. The van der Waals surface area contributed by atoms with Crippen LogP contribution in [0, 0.1) is 0 Å². The molecule has 34 heavy (non-hydrogen) atoms. The third-order valence-corrected chi connectivity index (χ3v) is 6.46. The summed E-state index contributed by atoms with van der Waals surface area (Å²) in [6.45, 7) is 3.86. The molecular weight excluding hydrogens is 430 g/mol. The van der Waals surface area contributed by atoms with Gasteiger partial charge in [-0.1, -0.05) is 109 Å². The Labute approximate surface area is 209 Å². The number of aliphatic hydroxyl groups is 4. The van der Waals surface area contributed by atoms with Crippen LogP contribution >= 0.6 is 0 Å². The molecule has 0 aromatic heterocycles. The first-order valence-electron chi connectivity index (χ1n) is 14.1. The number of aliphatic hydroxyl groups excluding tert-OH is 4. The van der Waals surface area contributed by atoms with Crippen LogP contribution in [0.2, 0.25) is 0 Å². The van der Waals surface area contributed by atoms with Gasteiger partial charge < -0.3 is 25.7 Å². The summed E-state index contributed by atoms with van der Waals surface area (Å²) in [5, 5.41) is 42.7. The van der Waals surface area contributed by atoms with Crippen molar-refractivity contribution in [2.45, 2.75) is 154 Å². The molecule has 0 aliphatic carbocycles. The van der Waals surface area contributed by atoms with Crippen molar-refractivity contribution in [2.24, 2.45) is 0 Å². The highest BCUT2D eigenvalue weighted by Crippen LogP contribution is 2.14. The Balaban J connectivity index is 3.93. The zero-order valence-corrected chi connectivity index (χ0v) is 22.1. The molecule has 6 nitrogen and oxygen atoms in total. The standard InChI is InChI=1S/C28H55NO5/c1-3-5-7-9-11-12-13-14-15-16-18-20-22-26(32)28(34)29-24(23-30)27(33)25(31)21-19-17-10-8-6-4-2/h8,10,24-27,30-33H,3-7,9,11-23H2,1-2H3,(H,29,34)/b10-8+. The zero-order chi connectivity index (χ0) is 25.4. The Kier molecular flexibility index (Phi) is 23.1. The first-order chi connectivity index (χ1) is 16.5. The summed E-state index contributed by atoms with van der Waals surface area (Å²) in [4.78, 5) is 12.3. The maximum atomic E-state index is 12.3. The maximum Gasteiger partial charge on any atom is 0.249 e. The lowest BCUT2D eigenvalue weighted by Crippen LogP contribution is -2.53. The van der Waals surface area contributed by atoms with Crippen LogP contribution in [-0.2, 0) is 4.79 Å². The molecule has 0 heterocycles. The first kappa shape index (κ1) is 33.0. The van der Waals surface area contributed by atoms with E-state index in [1.54, 1.807) is 0 Å². The van der Waals surface area contributed by atoms with Gasteiger partial charge in [-0.3, -0.25) is 4.79 Å². The number of carbonyl (C=O) groups is 1. The van der Waals surface area contributed by atoms with E-state index in [4.69, 9.17) is 0 Å². The minimum atomic E-state index is -1.27. The molecule has 0 bridgehead atoms. The van der Waals surface area contributed by atoms with Gasteiger partial charge in [0.15, 0.2) is 0 Å². The summed E-state index contributed by atoms with van der Waals surface area (Å²) in [5.41, 5.74) is 0. The minimum absolute atomic E-state index is 0.365. The minimum Gasteiger partial charge on any atom is -0.394 e. The number of allylic oxidation sites excluding steroid dienone is 2. The van der Waals surface area contributed by atoms with Gasteiger partial charge in [0.2, 0.25) is 5.91 Å². The molecular formula is C28H55NO5. The summed E-state index contributed by atoms with van der Waals surface area (Å²) in [6.07, 6.45) is 19.8. The third-order valence-electron chi connectivity index (χ3n) is 6.46.